The number of piperidine rings is 1. The Morgan fingerprint density at radius 3 is 2.00 bits per heavy atom. The van der Waals surface area contributed by atoms with Gasteiger partial charge in [-0.05, 0) is 73.9 Å². The number of fused-ring (bicyclic) bond motifs is 1. The zero-order chi connectivity index (χ0) is 35.2. The van der Waals surface area contributed by atoms with E-state index in [1.54, 1.807) is 36.5 Å². The number of pyridine rings is 1. The highest BCUT2D eigenvalue weighted by molar-refractivity contribution is 5.82. The minimum Gasteiger partial charge on any atom is -0.473 e. The molecule has 10 nitrogen and oxygen atoms in total. The molecule has 0 bridgehead atoms. The van der Waals surface area contributed by atoms with Crippen LogP contribution in [0.2, 0.25) is 0 Å². The van der Waals surface area contributed by atoms with Crippen LogP contribution in [-0.2, 0) is 34.5 Å². The lowest BCUT2D eigenvalue weighted by atomic mass is 9.86. The molecule has 1 saturated heterocycles. The van der Waals surface area contributed by atoms with E-state index in [0.717, 1.165) is 79.5 Å². The molecule has 2 aromatic heterocycles. The van der Waals surface area contributed by atoms with Gasteiger partial charge >= 0.3 is 5.69 Å². The summed E-state index contributed by atoms with van der Waals surface area (Å²) >= 11 is 0. The molecule has 3 heterocycles. The molecule has 0 spiro atoms. The molecular formula is C41H48N4O6. The van der Waals surface area contributed by atoms with Crippen LogP contribution in [0.1, 0.15) is 49.7 Å². The van der Waals surface area contributed by atoms with Crippen LogP contribution in [0.5, 0.6) is 11.8 Å². The van der Waals surface area contributed by atoms with Gasteiger partial charge in [0.25, 0.3) is 0 Å². The standard InChI is InChI=1S/C41H48N4O6/c1-43-35-19-16-32(44-24-22-34(23-25-44)51-33-17-14-31(15-18-33)40(47-2)48-3)26-37(35)45(41(43)46)36-20-21-38(49-27-29-10-6-4-7-11-29)42-39(36)50-28-30-12-8-5-9-13-30/h4-13,16,19-21,26,31,33-34,40H,14-15,17-18,22-25,27-28H2,1-3H3. The van der Waals surface area contributed by atoms with E-state index in [-0.39, 0.29) is 18.1 Å². The smallest absolute Gasteiger partial charge is 0.333 e. The Morgan fingerprint density at radius 1 is 0.725 bits per heavy atom. The van der Waals surface area contributed by atoms with Crippen LogP contribution in [-0.4, -0.2) is 59.9 Å². The van der Waals surface area contributed by atoms with Crippen LogP contribution in [0.3, 0.4) is 0 Å². The molecule has 0 amide bonds. The topological polar surface area (TPSA) is 89.2 Å². The molecule has 1 saturated carbocycles. The van der Waals surface area contributed by atoms with Crippen molar-refractivity contribution < 1.29 is 23.7 Å². The summed E-state index contributed by atoms with van der Waals surface area (Å²) < 4.78 is 33.4. The van der Waals surface area contributed by atoms with Gasteiger partial charge in [0, 0.05) is 52.0 Å². The Kier molecular flexibility index (Phi) is 11.0. The average Bonchev–Trinajstić information content (AvgIpc) is 3.43. The van der Waals surface area contributed by atoms with Gasteiger partial charge in [0.15, 0.2) is 6.29 Å². The van der Waals surface area contributed by atoms with Crippen molar-refractivity contribution in [2.24, 2.45) is 13.0 Å². The van der Waals surface area contributed by atoms with E-state index in [9.17, 15) is 4.79 Å². The molecule has 0 atom stereocenters. The maximum atomic E-state index is 13.9. The second-order valence-corrected chi connectivity index (χ2v) is 13.6. The molecule has 0 radical (unpaired) electrons. The predicted octanol–water partition coefficient (Wildman–Crippen LogP) is 7.05. The summed E-state index contributed by atoms with van der Waals surface area (Å²) in [7, 11) is 5.24. The van der Waals surface area contributed by atoms with Gasteiger partial charge in [-0.25, -0.2) is 4.79 Å². The summed E-state index contributed by atoms with van der Waals surface area (Å²) in [5.41, 5.74) is 5.14. The summed E-state index contributed by atoms with van der Waals surface area (Å²) in [6.07, 6.45) is 6.55. The molecule has 1 aliphatic carbocycles. The van der Waals surface area contributed by atoms with Gasteiger partial charge in [-0.1, -0.05) is 60.7 Å². The van der Waals surface area contributed by atoms with E-state index in [0.29, 0.717) is 42.7 Å². The Labute approximate surface area is 299 Å². The van der Waals surface area contributed by atoms with Crippen LogP contribution < -0.4 is 20.1 Å². The maximum absolute atomic E-state index is 13.9. The lowest BCUT2D eigenvalue weighted by Crippen LogP contribution is -2.39. The van der Waals surface area contributed by atoms with Crippen LogP contribution in [0.4, 0.5) is 5.69 Å². The minimum absolute atomic E-state index is 0.129. The first-order valence-corrected chi connectivity index (χ1v) is 18.0. The van der Waals surface area contributed by atoms with Crippen molar-refractivity contribution in [1.82, 2.24) is 14.1 Å². The number of anilines is 1. The fraction of sp³-hybridized carbons (Fsp3) is 0.415. The number of aryl methyl sites for hydroxylation is 1. The van der Waals surface area contributed by atoms with Crippen molar-refractivity contribution in [2.75, 3.05) is 32.2 Å². The molecule has 0 unspecified atom stereocenters. The second-order valence-electron chi connectivity index (χ2n) is 13.6. The first kappa shape index (κ1) is 34.8. The third-order valence-corrected chi connectivity index (χ3v) is 10.3. The number of benzene rings is 3. The highest BCUT2D eigenvalue weighted by atomic mass is 16.7. The lowest BCUT2D eigenvalue weighted by molar-refractivity contribution is -0.153. The highest BCUT2D eigenvalue weighted by Gasteiger charge is 2.31. The van der Waals surface area contributed by atoms with Crippen LogP contribution in [0.15, 0.2) is 95.8 Å². The van der Waals surface area contributed by atoms with E-state index in [4.69, 9.17) is 28.7 Å². The summed E-state index contributed by atoms with van der Waals surface area (Å²) in [5.74, 6) is 1.18. The second kappa shape index (κ2) is 16.1. The van der Waals surface area contributed by atoms with Crippen LogP contribution in [0.25, 0.3) is 16.7 Å². The molecule has 7 rings (SSSR count). The molecule has 5 aromatic rings. The van der Waals surface area contributed by atoms with Gasteiger partial charge in [-0.15, -0.1) is 0 Å². The number of imidazole rings is 1. The van der Waals surface area contributed by atoms with Gasteiger partial charge in [0.05, 0.1) is 23.2 Å². The van der Waals surface area contributed by atoms with E-state index in [2.05, 4.69) is 17.0 Å². The number of hydrogen-bond acceptors (Lipinski definition) is 8. The number of aromatic nitrogens is 3. The molecule has 1 aliphatic heterocycles. The zero-order valence-corrected chi connectivity index (χ0v) is 29.8. The van der Waals surface area contributed by atoms with E-state index in [1.165, 1.54) is 0 Å². The predicted molar refractivity (Wildman–Crippen MR) is 198 cm³/mol. The van der Waals surface area contributed by atoms with Crippen molar-refractivity contribution in [2.45, 2.75) is 70.2 Å². The van der Waals surface area contributed by atoms with Crippen molar-refractivity contribution >= 4 is 16.7 Å². The Morgan fingerprint density at radius 2 is 1.35 bits per heavy atom. The third kappa shape index (κ3) is 7.98. The van der Waals surface area contributed by atoms with E-state index in [1.807, 2.05) is 72.8 Å². The number of methoxy groups -OCH3 is 2. The molecule has 51 heavy (non-hydrogen) atoms. The summed E-state index contributed by atoms with van der Waals surface area (Å²) in [4.78, 5) is 21.1. The third-order valence-electron chi connectivity index (χ3n) is 10.3. The number of rotatable bonds is 13. The average molecular weight is 693 g/mol. The van der Waals surface area contributed by atoms with Crippen molar-refractivity contribution in [3.05, 3.63) is 113 Å². The van der Waals surface area contributed by atoms with E-state index >= 15 is 0 Å². The molecule has 2 aliphatic rings. The minimum atomic E-state index is -0.171. The van der Waals surface area contributed by atoms with E-state index < -0.39 is 0 Å². The number of nitrogens with zero attached hydrogens (tertiary/aromatic N) is 4. The summed E-state index contributed by atoms with van der Waals surface area (Å²) in [6, 6.07) is 29.8. The Hall–Kier alpha value is -4.64. The SMILES string of the molecule is COC(OC)C1CCC(OC2CCN(c3ccc4c(c3)n(-c3ccc(OCc5ccccc5)nc3OCc3ccccc3)c(=O)n4C)CC2)CC1. The van der Waals surface area contributed by atoms with Crippen molar-refractivity contribution in [3.8, 4) is 17.4 Å². The largest absolute Gasteiger partial charge is 0.473 e. The molecule has 2 fully saturated rings. The molecular weight excluding hydrogens is 644 g/mol. The Balaban J connectivity index is 1.09. The molecule has 0 N–H and O–H groups in total. The molecule has 10 heteroatoms. The molecule has 3 aromatic carbocycles. The first-order valence-electron chi connectivity index (χ1n) is 18.0. The Bertz CT molecular complexity index is 1920. The summed E-state index contributed by atoms with van der Waals surface area (Å²) in [6.45, 7) is 2.44. The zero-order valence-electron chi connectivity index (χ0n) is 29.8. The van der Waals surface area contributed by atoms with Gasteiger partial charge in [0.2, 0.25) is 11.8 Å². The van der Waals surface area contributed by atoms with Gasteiger partial charge in [-0.2, -0.15) is 4.98 Å². The fourth-order valence-electron chi connectivity index (χ4n) is 7.49. The van der Waals surface area contributed by atoms with Crippen LogP contribution in [0, 0.1) is 5.92 Å². The fourth-order valence-corrected chi connectivity index (χ4v) is 7.49. The maximum Gasteiger partial charge on any atom is 0.333 e. The monoisotopic (exact) mass is 692 g/mol. The van der Waals surface area contributed by atoms with Crippen molar-refractivity contribution in [1.29, 1.82) is 0 Å². The van der Waals surface area contributed by atoms with Crippen molar-refractivity contribution in [3.63, 3.8) is 0 Å². The highest BCUT2D eigenvalue weighted by Crippen LogP contribution is 2.34. The normalized spacial score (nSPS) is 18.4. The first-order chi connectivity index (χ1) is 25.0. The van der Waals surface area contributed by atoms with Gasteiger partial charge in [0.1, 0.15) is 18.9 Å². The molecule has 268 valence electrons. The summed E-state index contributed by atoms with van der Waals surface area (Å²) in [5, 5.41) is 0. The number of ether oxygens (including phenoxy) is 5. The lowest BCUT2D eigenvalue weighted by Gasteiger charge is -2.37. The number of hydrogen-bond donors (Lipinski definition) is 0. The van der Waals surface area contributed by atoms with Gasteiger partial charge in [-0.3, -0.25) is 9.13 Å². The quantitative estimate of drug-likeness (QED) is 0.121. The van der Waals surface area contributed by atoms with Crippen LogP contribution >= 0.6 is 0 Å². The van der Waals surface area contributed by atoms with Gasteiger partial charge < -0.3 is 28.6 Å².